The first-order valence-electron chi connectivity index (χ1n) is 8.99. The van der Waals surface area contributed by atoms with Crippen LogP contribution in [0.1, 0.15) is 29.4 Å². The molecule has 0 aliphatic heterocycles. The van der Waals surface area contributed by atoms with Gasteiger partial charge in [-0.25, -0.2) is 4.99 Å². The summed E-state index contributed by atoms with van der Waals surface area (Å²) in [5.74, 6) is 0.788. The molecule has 0 radical (unpaired) electrons. The largest absolute Gasteiger partial charge is 0.484 e. The van der Waals surface area contributed by atoms with Crippen LogP contribution in [0.25, 0.3) is 0 Å². The third-order valence-corrected chi connectivity index (χ3v) is 4.16. The molecule has 0 aliphatic rings. The Labute approximate surface area is 185 Å². The lowest BCUT2D eigenvalue weighted by molar-refractivity contribution is -0.153. The molecule has 0 bridgehead atoms. The highest BCUT2D eigenvalue weighted by molar-refractivity contribution is 14.0. The highest BCUT2D eigenvalue weighted by Crippen LogP contribution is 2.19. The first-order valence-corrected chi connectivity index (χ1v) is 8.99. The summed E-state index contributed by atoms with van der Waals surface area (Å²) in [6.07, 6.45) is -4.36. The Kier molecular flexibility index (Phi) is 9.74. The zero-order valence-corrected chi connectivity index (χ0v) is 19.3. The van der Waals surface area contributed by atoms with Crippen molar-refractivity contribution < 1.29 is 17.9 Å². The van der Waals surface area contributed by atoms with Crippen LogP contribution in [0.4, 0.5) is 13.2 Å². The number of hydrogen-bond donors (Lipinski definition) is 2. The van der Waals surface area contributed by atoms with Crippen molar-refractivity contribution in [1.82, 2.24) is 20.4 Å². The van der Waals surface area contributed by atoms with E-state index in [9.17, 15) is 13.2 Å². The van der Waals surface area contributed by atoms with Crippen LogP contribution in [-0.4, -0.2) is 35.1 Å². The van der Waals surface area contributed by atoms with Crippen LogP contribution in [0.5, 0.6) is 5.75 Å². The topological polar surface area (TPSA) is 63.5 Å². The Morgan fingerprint density at radius 1 is 1.24 bits per heavy atom. The van der Waals surface area contributed by atoms with E-state index in [4.69, 9.17) is 4.74 Å². The SMILES string of the molecule is CCNC(=NCc1cccc(OCC(F)(F)F)c1)NCc1c(C)nn(C)c1C.I. The summed E-state index contributed by atoms with van der Waals surface area (Å²) in [5.41, 5.74) is 3.90. The molecule has 162 valence electrons. The summed E-state index contributed by atoms with van der Waals surface area (Å²) >= 11 is 0. The molecule has 0 fully saturated rings. The summed E-state index contributed by atoms with van der Waals surface area (Å²) in [4.78, 5) is 4.50. The quantitative estimate of drug-likeness (QED) is 0.328. The molecule has 0 spiro atoms. The fraction of sp³-hybridized carbons (Fsp3) is 0.474. The zero-order valence-electron chi connectivity index (χ0n) is 16.9. The molecule has 10 heteroatoms. The molecule has 0 atom stereocenters. The minimum absolute atomic E-state index is 0. The molecule has 6 nitrogen and oxygen atoms in total. The number of alkyl halides is 3. The molecule has 0 aliphatic carbocycles. The van der Waals surface area contributed by atoms with Crippen LogP contribution in [0.2, 0.25) is 0 Å². The third-order valence-electron chi connectivity index (χ3n) is 4.16. The maximum atomic E-state index is 12.3. The molecule has 2 N–H and O–H groups in total. The van der Waals surface area contributed by atoms with E-state index in [1.165, 1.54) is 6.07 Å². The van der Waals surface area contributed by atoms with Gasteiger partial charge in [0.2, 0.25) is 0 Å². The molecule has 0 saturated carbocycles. The van der Waals surface area contributed by atoms with Crippen LogP contribution in [0.3, 0.4) is 0 Å². The van der Waals surface area contributed by atoms with E-state index in [0.29, 0.717) is 25.6 Å². The molecule has 0 saturated heterocycles. The maximum Gasteiger partial charge on any atom is 0.422 e. The van der Waals surface area contributed by atoms with Gasteiger partial charge in [-0.05, 0) is 38.5 Å². The predicted molar refractivity (Wildman–Crippen MR) is 118 cm³/mol. The zero-order chi connectivity index (χ0) is 20.7. The fourth-order valence-electron chi connectivity index (χ4n) is 2.66. The number of aliphatic imine (C=N–C) groups is 1. The number of aryl methyl sites for hydroxylation is 2. The van der Waals surface area contributed by atoms with Gasteiger partial charge < -0.3 is 15.4 Å². The second-order valence-corrected chi connectivity index (χ2v) is 6.37. The van der Waals surface area contributed by atoms with E-state index in [1.807, 2.05) is 32.5 Å². The number of hydrogen-bond acceptors (Lipinski definition) is 3. The Balaban J connectivity index is 0.00000420. The van der Waals surface area contributed by atoms with Crippen molar-refractivity contribution in [2.45, 2.75) is 40.0 Å². The van der Waals surface area contributed by atoms with Crippen molar-refractivity contribution in [3.05, 3.63) is 46.8 Å². The van der Waals surface area contributed by atoms with Crippen LogP contribution in [0, 0.1) is 13.8 Å². The van der Waals surface area contributed by atoms with E-state index in [2.05, 4.69) is 20.7 Å². The number of aromatic nitrogens is 2. The number of nitrogens with zero attached hydrogens (tertiary/aromatic N) is 3. The van der Waals surface area contributed by atoms with Crippen LogP contribution >= 0.6 is 24.0 Å². The molecular formula is C19H27F3IN5O. The molecule has 0 amide bonds. The summed E-state index contributed by atoms with van der Waals surface area (Å²) < 4.78 is 43.5. The first-order chi connectivity index (χ1) is 13.2. The molecular weight excluding hydrogens is 498 g/mol. The van der Waals surface area contributed by atoms with E-state index in [1.54, 1.807) is 18.2 Å². The summed E-state index contributed by atoms with van der Waals surface area (Å²) in [6, 6.07) is 6.51. The van der Waals surface area contributed by atoms with E-state index >= 15 is 0 Å². The van der Waals surface area contributed by atoms with E-state index in [0.717, 1.165) is 22.5 Å². The molecule has 29 heavy (non-hydrogen) atoms. The monoisotopic (exact) mass is 525 g/mol. The van der Waals surface area contributed by atoms with Crippen molar-refractivity contribution >= 4 is 29.9 Å². The Hall–Kier alpha value is -1.98. The molecule has 2 aromatic rings. The van der Waals surface area contributed by atoms with Crippen molar-refractivity contribution in [3.8, 4) is 5.75 Å². The van der Waals surface area contributed by atoms with Crippen LogP contribution in [0.15, 0.2) is 29.3 Å². The van der Waals surface area contributed by atoms with Crippen molar-refractivity contribution in [2.24, 2.45) is 12.0 Å². The second kappa shape index (κ2) is 11.3. The van der Waals surface area contributed by atoms with Crippen molar-refractivity contribution in [2.75, 3.05) is 13.2 Å². The normalized spacial score (nSPS) is 11.8. The van der Waals surface area contributed by atoms with Gasteiger partial charge in [0, 0.05) is 31.4 Å². The van der Waals surface area contributed by atoms with Gasteiger partial charge in [-0.2, -0.15) is 18.3 Å². The Morgan fingerprint density at radius 3 is 2.55 bits per heavy atom. The van der Waals surface area contributed by atoms with Crippen molar-refractivity contribution in [3.63, 3.8) is 0 Å². The van der Waals surface area contributed by atoms with Gasteiger partial charge in [0.15, 0.2) is 12.6 Å². The minimum Gasteiger partial charge on any atom is -0.484 e. The van der Waals surface area contributed by atoms with Crippen molar-refractivity contribution in [1.29, 1.82) is 0 Å². The van der Waals surface area contributed by atoms with Gasteiger partial charge in [-0.15, -0.1) is 24.0 Å². The van der Waals surface area contributed by atoms with Gasteiger partial charge in [0.1, 0.15) is 5.75 Å². The van der Waals surface area contributed by atoms with Gasteiger partial charge in [0.25, 0.3) is 0 Å². The molecule has 0 unspecified atom stereocenters. The first kappa shape index (κ1) is 25.1. The van der Waals surface area contributed by atoms with Gasteiger partial charge in [-0.3, -0.25) is 4.68 Å². The number of halogens is 4. The van der Waals surface area contributed by atoms with Gasteiger partial charge in [-0.1, -0.05) is 12.1 Å². The maximum absolute atomic E-state index is 12.3. The fourth-order valence-corrected chi connectivity index (χ4v) is 2.66. The molecule has 1 aromatic heterocycles. The highest BCUT2D eigenvalue weighted by atomic mass is 127. The summed E-state index contributed by atoms with van der Waals surface area (Å²) in [7, 11) is 1.90. The minimum atomic E-state index is -4.36. The standard InChI is InChI=1S/C19H26F3N5O.HI/c1-5-23-18(25-11-17-13(2)26-27(4)14(17)3)24-10-15-7-6-8-16(9-15)28-12-19(20,21)22;/h6-9H,5,10-12H2,1-4H3,(H2,23,24,25);1H. The van der Waals surface area contributed by atoms with Crippen LogP contribution < -0.4 is 15.4 Å². The summed E-state index contributed by atoms with van der Waals surface area (Å²) in [6.45, 7) is 6.19. The average molecular weight is 525 g/mol. The van der Waals surface area contributed by atoms with E-state index in [-0.39, 0.29) is 29.7 Å². The van der Waals surface area contributed by atoms with Gasteiger partial charge in [0.05, 0.1) is 12.2 Å². The highest BCUT2D eigenvalue weighted by Gasteiger charge is 2.28. The Morgan fingerprint density at radius 2 is 1.97 bits per heavy atom. The molecule has 2 rings (SSSR count). The molecule has 1 heterocycles. The lowest BCUT2D eigenvalue weighted by Gasteiger charge is -2.12. The van der Waals surface area contributed by atoms with Crippen LogP contribution in [-0.2, 0) is 20.1 Å². The van der Waals surface area contributed by atoms with E-state index < -0.39 is 12.8 Å². The second-order valence-electron chi connectivity index (χ2n) is 6.37. The van der Waals surface area contributed by atoms with Gasteiger partial charge >= 0.3 is 6.18 Å². The number of benzene rings is 1. The number of guanidine groups is 1. The lowest BCUT2D eigenvalue weighted by Crippen LogP contribution is -2.37. The average Bonchev–Trinajstić information content (AvgIpc) is 2.87. The predicted octanol–water partition coefficient (Wildman–Crippen LogP) is 3.85. The number of ether oxygens (including phenoxy) is 1. The summed E-state index contributed by atoms with van der Waals surface area (Å²) in [5, 5.41) is 10.8. The third kappa shape index (κ3) is 8.11. The smallest absolute Gasteiger partial charge is 0.422 e. The Bertz CT molecular complexity index is 821. The molecule has 1 aromatic carbocycles. The lowest BCUT2D eigenvalue weighted by atomic mass is 10.2. The number of nitrogens with one attached hydrogen (secondary N) is 2. The number of rotatable bonds is 7.